The van der Waals surface area contributed by atoms with E-state index in [4.69, 9.17) is 25.8 Å². The highest BCUT2D eigenvalue weighted by Crippen LogP contribution is 2.21. The van der Waals surface area contributed by atoms with Crippen molar-refractivity contribution in [1.82, 2.24) is 10.2 Å². The first-order valence-electron chi connectivity index (χ1n) is 10.1. The van der Waals surface area contributed by atoms with Crippen molar-refractivity contribution in [2.75, 3.05) is 53.6 Å². The molecule has 7 heteroatoms. The lowest BCUT2D eigenvalue weighted by Crippen LogP contribution is -2.47. The maximum atomic E-state index is 5.98. The van der Waals surface area contributed by atoms with Gasteiger partial charge in [0, 0.05) is 52.0 Å². The summed E-state index contributed by atoms with van der Waals surface area (Å²) in [6, 6.07) is 5.70. The highest BCUT2D eigenvalue weighted by molar-refractivity contribution is 6.30. The number of aryl methyl sites for hydroxylation is 1. The molecule has 28 heavy (non-hydrogen) atoms. The summed E-state index contributed by atoms with van der Waals surface area (Å²) in [6.45, 7) is 6.96. The van der Waals surface area contributed by atoms with Gasteiger partial charge in [0.15, 0.2) is 5.96 Å². The van der Waals surface area contributed by atoms with Crippen molar-refractivity contribution in [3.63, 3.8) is 0 Å². The van der Waals surface area contributed by atoms with E-state index in [1.807, 2.05) is 32.2 Å². The molecule has 0 bridgehead atoms. The van der Waals surface area contributed by atoms with Crippen molar-refractivity contribution in [2.45, 2.75) is 38.7 Å². The number of hydrogen-bond donors (Lipinski definition) is 1. The van der Waals surface area contributed by atoms with Crippen molar-refractivity contribution in [3.05, 3.63) is 28.8 Å². The molecule has 1 N–H and O–H groups in total. The molecule has 1 aromatic carbocycles. The number of halogens is 1. The predicted molar refractivity (Wildman–Crippen MR) is 115 cm³/mol. The fourth-order valence-corrected chi connectivity index (χ4v) is 3.48. The van der Waals surface area contributed by atoms with E-state index in [2.05, 4.69) is 15.2 Å². The molecule has 1 aromatic rings. The Balaban J connectivity index is 1.61. The number of aliphatic imine (C=N–C) groups is 1. The van der Waals surface area contributed by atoms with Gasteiger partial charge < -0.3 is 24.4 Å². The van der Waals surface area contributed by atoms with Crippen LogP contribution in [-0.4, -0.2) is 70.6 Å². The Hall–Kier alpha value is -1.50. The van der Waals surface area contributed by atoms with Crippen LogP contribution >= 0.6 is 11.6 Å². The predicted octanol–water partition coefficient (Wildman–Crippen LogP) is 3.51. The molecule has 0 aliphatic carbocycles. The van der Waals surface area contributed by atoms with Crippen LogP contribution in [-0.2, 0) is 9.47 Å². The zero-order valence-electron chi connectivity index (χ0n) is 17.4. The fourth-order valence-electron chi connectivity index (χ4n) is 3.25. The zero-order valence-corrected chi connectivity index (χ0v) is 18.1. The average molecular weight is 412 g/mol. The molecule has 1 fully saturated rings. The van der Waals surface area contributed by atoms with E-state index in [9.17, 15) is 0 Å². The Morgan fingerprint density at radius 2 is 2.00 bits per heavy atom. The maximum Gasteiger partial charge on any atom is 0.193 e. The zero-order chi connectivity index (χ0) is 20.2. The topological polar surface area (TPSA) is 55.3 Å². The molecule has 1 heterocycles. The Morgan fingerprint density at radius 3 is 2.68 bits per heavy atom. The maximum absolute atomic E-state index is 5.98. The molecule has 1 aliphatic rings. The van der Waals surface area contributed by atoms with Crippen LogP contribution in [0, 0.1) is 6.92 Å². The number of rotatable bonds is 10. The van der Waals surface area contributed by atoms with Gasteiger partial charge in [0.05, 0.1) is 12.7 Å². The Kier molecular flexibility index (Phi) is 10.5. The van der Waals surface area contributed by atoms with Crippen LogP contribution in [0.25, 0.3) is 0 Å². The third kappa shape index (κ3) is 7.86. The van der Waals surface area contributed by atoms with Crippen LogP contribution in [0.15, 0.2) is 23.2 Å². The van der Waals surface area contributed by atoms with Gasteiger partial charge in [0.25, 0.3) is 0 Å². The number of benzene rings is 1. The summed E-state index contributed by atoms with van der Waals surface area (Å²) in [5.41, 5.74) is 1.06. The number of hydrogen-bond acceptors (Lipinski definition) is 4. The number of piperidine rings is 1. The van der Waals surface area contributed by atoms with Gasteiger partial charge in [-0.25, -0.2) is 0 Å². The summed E-state index contributed by atoms with van der Waals surface area (Å²) < 4.78 is 16.8. The van der Waals surface area contributed by atoms with Crippen molar-refractivity contribution >= 4 is 17.6 Å². The van der Waals surface area contributed by atoms with Gasteiger partial charge in [0.1, 0.15) is 5.75 Å². The molecular weight excluding hydrogens is 378 g/mol. The van der Waals surface area contributed by atoms with E-state index in [0.29, 0.717) is 12.7 Å². The van der Waals surface area contributed by atoms with Crippen LogP contribution < -0.4 is 10.1 Å². The van der Waals surface area contributed by atoms with Crippen LogP contribution in [0.5, 0.6) is 5.75 Å². The second-order valence-electron chi connectivity index (χ2n) is 6.99. The average Bonchev–Trinajstić information content (AvgIpc) is 2.70. The summed E-state index contributed by atoms with van der Waals surface area (Å²) in [7, 11) is 3.56. The summed E-state index contributed by atoms with van der Waals surface area (Å²) >= 11 is 5.98. The Morgan fingerprint density at radius 1 is 1.21 bits per heavy atom. The van der Waals surface area contributed by atoms with Crippen molar-refractivity contribution in [3.8, 4) is 5.75 Å². The first-order valence-corrected chi connectivity index (χ1v) is 10.5. The minimum atomic E-state index is 0.349. The molecular formula is C21H34ClN3O3. The number of likely N-dealkylation sites (tertiary alicyclic amines) is 1. The van der Waals surface area contributed by atoms with Crippen molar-refractivity contribution < 1.29 is 14.2 Å². The van der Waals surface area contributed by atoms with E-state index in [-0.39, 0.29) is 0 Å². The number of guanidine groups is 1. The molecule has 0 saturated carbocycles. The van der Waals surface area contributed by atoms with Crippen LogP contribution in [0.4, 0.5) is 0 Å². The van der Waals surface area contributed by atoms with E-state index in [1.54, 1.807) is 7.11 Å². The number of methoxy groups -OCH3 is 1. The lowest BCUT2D eigenvalue weighted by molar-refractivity contribution is 0.00991. The molecule has 158 valence electrons. The monoisotopic (exact) mass is 411 g/mol. The lowest BCUT2D eigenvalue weighted by atomic mass is 10.1. The summed E-state index contributed by atoms with van der Waals surface area (Å²) in [6.07, 6.45) is 4.28. The van der Waals surface area contributed by atoms with Gasteiger partial charge in [-0.2, -0.15) is 0 Å². The third-order valence-electron chi connectivity index (χ3n) is 4.80. The minimum Gasteiger partial charge on any atom is -0.493 e. The number of ether oxygens (including phenoxy) is 3. The van der Waals surface area contributed by atoms with Crippen LogP contribution in [0.3, 0.4) is 0 Å². The highest BCUT2D eigenvalue weighted by Gasteiger charge is 2.21. The quantitative estimate of drug-likeness (QED) is 0.362. The van der Waals surface area contributed by atoms with Crippen molar-refractivity contribution in [1.29, 1.82) is 0 Å². The van der Waals surface area contributed by atoms with Gasteiger partial charge in [-0.1, -0.05) is 11.6 Å². The highest BCUT2D eigenvalue weighted by atomic mass is 35.5. The molecule has 6 nitrogen and oxygen atoms in total. The largest absolute Gasteiger partial charge is 0.493 e. The minimum absolute atomic E-state index is 0.349. The molecule has 0 radical (unpaired) electrons. The molecule has 0 atom stereocenters. The number of nitrogens with one attached hydrogen (secondary N) is 1. The summed E-state index contributed by atoms with van der Waals surface area (Å²) in [5.74, 6) is 1.85. The molecule has 1 aliphatic heterocycles. The molecule has 0 aromatic heterocycles. The van der Waals surface area contributed by atoms with Gasteiger partial charge in [-0.05, 0) is 56.4 Å². The van der Waals surface area contributed by atoms with Crippen LogP contribution in [0.1, 0.15) is 31.2 Å². The SMILES string of the molecule is CN=C(NCCCOc1ccc(Cl)cc1C)N1CCC(OCCCOC)CC1. The lowest BCUT2D eigenvalue weighted by Gasteiger charge is -2.34. The molecule has 0 unspecified atom stereocenters. The van der Waals surface area contributed by atoms with Gasteiger partial charge in [0.2, 0.25) is 0 Å². The number of nitrogens with zero attached hydrogens (tertiary/aromatic N) is 2. The van der Waals surface area contributed by atoms with E-state index < -0.39 is 0 Å². The molecule has 0 amide bonds. The smallest absolute Gasteiger partial charge is 0.193 e. The Labute approximate surface area is 174 Å². The first kappa shape index (κ1) is 22.8. The fraction of sp³-hybridized carbons (Fsp3) is 0.667. The van der Waals surface area contributed by atoms with Crippen LogP contribution in [0.2, 0.25) is 5.02 Å². The van der Waals surface area contributed by atoms with E-state index in [0.717, 1.165) is 80.8 Å². The molecule has 0 spiro atoms. The summed E-state index contributed by atoms with van der Waals surface area (Å²) in [5, 5.41) is 4.18. The Bertz CT molecular complexity index is 605. The molecule has 1 saturated heterocycles. The van der Waals surface area contributed by atoms with Gasteiger partial charge >= 0.3 is 0 Å². The third-order valence-corrected chi connectivity index (χ3v) is 5.03. The van der Waals surface area contributed by atoms with E-state index >= 15 is 0 Å². The van der Waals surface area contributed by atoms with Gasteiger partial charge in [-0.3, -0.25) is 4.99 Å². The molecule has 2 rings (SSSR count). The van der Waals surface area contributed by atoms with Crippen molar-refractivity contribution in [2.24, 2.45) is 4.99 Å². The second kappa shape index (κ2) is 12.9. The van der Waals surface area contributed by atoms with Gasteiger partial charge in [-0.15, -0.1) is 0 Å². The first-order chi connectivity index (χ1) is 13.6. The standard InChI is InChI=1S/C21H34ClN3O3/c1-17-16-18(22)6-7-20(17)28-14-4-10-24-21(23-2)25-11-8-19(9-12-25)27-15-5-13-26-3/h6-7,16,19H,4-5,8-15H2,1-3H3,(H,23,24). The second-order valence-corrected chi connectivity index (χ2v) is 7.43. The van der Waals surface area contributed by atoms with E-state index in [1.165, 1.54) is 0 Å². The summed E-state index contributed by atoms with van der Waals surface area (Å²) in [4.78, 5) is 6.73. The normalized spacial score (nSPS) is 15.7.